The Labute approximate surface area is 112 Å². The first kappa shape index (κ1) is 15.5. The molecular weight excluding hydrogens is 224 g/mol. The molecule has 0 saturated heterocycles. The van der Waals surface area contributed by atoms with Crippen molar-refractivity contribution in [1.82, 2.24) is 5.32 Å². The zero-order valence-electron chi connectivity index (χ0n) is 12.6. The van der Waals surface area contributed by atoms with Crippen LogP contribution in [0.15, 0.2) is 0 Å². The van der Waals surface area contributed by atoms with Crippen LogP contribution in [0.3, 0.4) is 0 Å². The Morgan fingerprint density at radius 1 is 1.17 bits per heavy atom. The lowest BCUT2D eigenvalue weighted by Crippen LogP contribution is -2.50. The van der Waals surface area contributed by atoms with E-state index in [1.165, 1.54) is 12.8 Å². The first-order chi connectivity index (χ1) is 8.21. The average molecular weight is 254 g/mol. The zero-order valence-corrected chi connectivity index (χ0v) is 12.6. The van der Waals surface area contributed by atoms with E-state index in [0.717, 1.165) is 18.8 Å². The number of carbonyl (C=O) groups excluding carboxylic acids is 1. The summed E-state index contributed by atoms with van der Waals surface area (Å²) in [5.41, 5.74) is 5.92. The first-order valence-corrected chi connectivity index (χ1v) is 7.27. The maximum Gasteiger partial charge on any atom is 0.234 e. The molecule has 3 heteroatoms. The van der Waals surface area contributed by atoms with E-state index in [1.807, 2.05) is 0 Å². The summed E-state index contributed by atoms with van der Waals surface area (Å²) in [5, 5.41) is 3.33. The topological polar surface area (TPSA) is 55.1 Å². The highest BCUT2D eigenvalue weighted by Gasteiger charge is 2.34. The van der Waals surface area contributed by atoms with E-state index in [1.54, 1.807) is 0 Å². The summed E-state index contributed by atoms with van der Waals surface area (Å²) in [6, 6.07) is 0.161. The Morgan fingerprint density at radius 3 is 2.00 bits per heavy atom. The van der Waals surface area contributed by atoms with Crippen LogP contribution in [0.5, 0.6) is 0 Å². The number of nitrogens with one attached hydrogen (secondary N) is 1. The molecule has 1 saturated carbocycles. The number of carbonyl (C=O) groups is 1. The minimum Gasteiger partial charge on any atom is -0.368 e. The van der Waals surface area contributed by atoms with Gasteiger partial charge < -0.3 is 11.1 Å². The molecule has 0 bridgehead atoms. The van der Waals surface area contributed by atoms with E-state index < -0.39 is 0 Å². The highest BCUT2D eigenvalue weighted by Crippen LogP contribution is 2.40. The summed E-state index contributed by atoms with van der Waals surface area (Å²) < 4.78 is 0. The van der Waals surface area contributed by atoms with Gasteiger partial charge in [-0.2, -0.15) is 0 Å². The SMILES string of the molecule is CC(C)NC(C(N)=O)C1CCC(C(C)(C)C)CC1. The molecule has 0 aromatic rings. The molecule has 1 fully saturated rings. The molecule has 0 aromatic carbocycles. The smallest absolute Gasteiger partial charge is 0.234 e. The van der Waals surface area contributed by atoms with Crippen molar-refractivity contribution in [2.45, 2.75) is 72.4 Å². The van der Waals surface area contributed by atoms with Crippen molar-refractivity contribution in [3.05, 3.63) is 0 Å². The van der Waals surface area contributed by atoms with Gasteiger partial charge in [0.15, 0.2) is 0 Å². The summed E-state index contributed by atoms with van der Waals surface area (Å²) in [5.74, 6) is 1.01. The highest BCUT2D eigenvalue weighted by atomic mass is 16.1. The van der Waals surface area contributed by atoms with Crippen LogP contribution in [-0.4, -0.2) is 18.0 Å². The predicted octanol–water partition coefficient (Wildman–Crippen LogP) is 2.69. The van der Waals surface area contributed by atoms with Gasteiger partial charge in [-0.3, -0.25) is 4.79 Å². The third-order valence-electron chi connectivity index (χ3n) is 4.29. The molecule has 1 rings (SSSR count). The van der Waals surface area contributed by atoms with Crippen LogP contribution >= 0.6 is 0 Å². The second-order valence-electron chi connectivity index (χ2n) is 7.18. The fourth-order valence-electron chi connectivity index (χ4n) is 3.13. The second kappa shape index (κ2) is 6.05. The number of hydrogen-bond acceptors (Lipinski definition) is 2. The van der Waals surface area contributed by atoms with Crippen LogP contribution in [0.25, 0.3) is 0 Å². The molecule has 3 nitrogen and oxygen atoms in total. The van der Waals surface area contributed by atoms with Gasteiger partial charge in [0, 0.05) is 6.04 Å². The first-order valence-electron chi connectivity index (χ1n) is 7.27. The maximum absolute atomic E-state index is 11.6. The number of hydrogen-bond donors (Lipinski definition) is 2. The fraction of sp³-hybridized carbons (Fsp3) is 0.933. The molecule has 1 amide bonds. The van der Waals surface area contributed by atoms with Gasteiger partial charge in [-0.05, 0) is 42.9 Å². The van der Waals surface area contributed by atoms with E-state index in [9.17, 15) is 4.79 Å². The molecule has 0 aromatic heterocycles. The number of primary amides is 1. The predicted molar refractivity (Wildman–Crippen MR) is 76.2 cm³/mol. The molecule has 3 N–H and O–H groups in total. The van der Waals surface area contributed by atoms with E-state index in [0.29, 0.717) is 17.4 Å². The molecule has 1 atom stereocenters. The van der Waals surface area contributed by atoms with Gasteiger partial charge >= 0.3 is 0 Å². The van der Waals surface area contributed by atoms with Gasteiger partial charge in [0.1, 0.15) is 0 Å². The number of rotatable bonds is 4. The van der Waals surface area contributed by atoms with Crippen LogP contribution in [0.1, 0.15) is 60.3 Å². The summed E-state index contributed by atoms with van der Waals surface area (Å²) in [6.45, 7) is 11.1. The standard InChI is InChI=1S/C15H30N2O/c1-10(2)17-13(14(16)18)11-6-8-12(9-7-11)15(3,4)5/h10-13,17H,6-9H2,1-5H3,(H2,16,18). The Hall–Kier alpha value is -0.570. The Kier molecular flexibility index (Phi) is 5.20. The lowest BCUT2D eigenvalue weighted by molar-refractivity contribution is -0.122. The van der Waals surface area contributed by atoms with Crippen LogP contribution in [0.4, 0.5) is 0 Å². The van der Waals surface area contributed by atoms with Crippen LogP contribution in [-0.2, 0) is 4.79 Å². The molecule has 0 spiro atoms. The Bertz CT molecular complexity index is 273. The van der Waals surface area contributed by atoms with Crippen LogP contribution in [0, 0.1) is 17.3 Å². The van der Waals surface area contributed by atoms with Gasteiger partial charge in [-0.1, -0.05) is 34.6 Å². The molecule has 0 heterocycles. The minimum atomic E-state index is -0.192. The van der Waals surface area contributed by atoms with Gasteiger partial charge in [0.05, 0.1) is 6.04 Å². The third-order valence-corrected chi connectivity index (χ3v) is 4.29. The normalized spacial score (nSPS) is 27.2. The quantitative estimate of drug-likeness (QED) is 0.810. The van der Waals surface area contributed by atoms with E-state index in [2.05, 4.69) is 39.9 Å². The molecule has 106 valence electrons. The lowest BCUT2D eigenvalue weighted by atomic mass is 9.68. The zero-order chi connectivity index (χ0) is 13.9. The summed E-state index contributed by atoms with van der Waals surface area (Å²) in [4.78, 5) is 11.6. The van der Waals surface area contributed by atoms with Gasteiger partial charge in [0.2, 0.25) is 5.91 Å². The molecule has 1 aliphatic carbocycles. The molecule has 1 unspecified atom stereocenters. The van der Waals surface area contributed by atoms with E-state index >= 15 is 0 Å². The van der Waals surface area contributed by atoms with Crippen molar-refractivity contribution >= 4 is 5.91 Å². The molecule has 0 aliphatic heterocycles. The Balaban J connectivity index is 2.57. The van der Waals surface area contributed by atoms with Crippen LogP contribution in [0.2, 0.25) is 0 Å². The number of amides is 1. The highest BCUT2D eigenvalue weighted by molar-refractivity contribution is 5.80. The Morgan fingerprint density at radius 2 is 1.67 bits per heavy atom. The number of nitrogens with two attached hydrogens (primary N) is 1. The van der Waals surface area contributed by atoms with Crippen LogP contribution < -0.4 is 11.1 Å². The average Bonchev–Trinajstić information content (AvgIpc) is 2.24. The van der Waals surface area contributed by atoms with Gasteiger partial charge in [-0.25, -0.2) is 0 Å². The fourth-order valence-corrected chi connectivity index (χ4v) is 3.13. The summed E-state index contributed by atoms with van der Waals surface area (Å²) >= 11 is 0. The van der Waals surface area contributed by atoms with Crippen molar-refractivity contribution in [3.63, 3.8) is 0 Å². The van der Waals surface area contributed by atoms with Crippen molar-refractivity contribution < 1.29 is 4.79 Å². The van der Waals surface area contributed by atoms with Crippen molar-refractivity contribution in [2.75, 3.05) is 0 Å². The third kappa shape index (κ3) is 4.27. The maximum atomic E-state index is 11.6. The molecule has 18 heavy (non-hydrogen) atoms. The monoisotopic (exact) mass is 254 g/mol. The lowest BCUT2D eigenvalue weighted by Gasteiger charge is -2.39. The molecule has 0 radical (unpaired) electrons. The summed E-state index contributed by atoms with van der Waals surface area (Å²) in [6.07, 6.45) is 4.68. The second-order valence-corrected chi connectivity index (χ2v) is 7.18. The minimum absolute atomic E-state index is 0.147. The van der Waals surface area contributed by atoms with Crippen molar-refractivity contribution in [1.29, 1.82) is 0 Å². The molecule has 1 aliphatic rings. The van der Waals surface area contributed by atoms with E-state index in [-0.39, 0.29) is 11.9 Å². The van der Waals surface area contributed by atoms with Crippen molar-refractivity contribution in [3.8, 4) is 0 Å². The largest absolute Gasteiger partial charge is 0.368 e. The van der Waals surface area contributed by atoms with Gasteiger partial charge in [-0.15, -0.1) is 0 Å². The molecular formula is C15H30N2O. The summed E-state index contributed by atoms with van der Waals surface area (Å²) in [7, 11) is 0. The van der Waals surface area contributed by atoms with Crippen molar-refractivity contribution in [2.24, 2.45) is 23.0 Å². The van der Waals surface area contributed by atoms with Gasteiger partial charge in [0.25, 0.3) is 0 Å². The van der Waals surface area contributed by atoms with E-state index in [4.69, 9.17) is 5.73 Å².